The molecule has 0 aromatic carbocycles. The zero-order valence-electron chi connectivity index (χ0n) is 10.3. The maximum absolute atomic E-state index is 3.71. The van der Waals surface area contributed by atoms with Gasteiger partial charge in [-0.15, -0.1) is 6.58 Å². The highest BCUT2D eigenvalue weighted by Gasteiger charge is 1.86. The molecule has 0 amide bonds. The molecule has 0 aromatic heterocycles. The first kappa shape index (κ1) is 14.4. The molecule has 0 unspecified atom stereocenters. The maximum Gasteiger partial charge on any atom is 0.0134 e. The Hall–Kier alpha value is -0.560. The van der Waals surface area contributed by atoms with Crippen LogP contribution in [0.3, 0.4) is 0 Å². The molecular formula is C14H27N. The number of hydrogen-bond donors (Lipinski definition) is 1. The summed E-state index contributed by atoms with van der Waals surface area (Å²) >= 11 is 0. The molecule has 15 heavy (non-hydrogen) atoms. The van der Waals surface area contributed by atoms with E-state index in [4.69, 9.17) is 0 Å². The highest BCUT2D eigenvalue weighted by Crippen LogP contribution is 1.97. The molecule has 0 heterocycles. The zero-order chi connectivity index (χ0) is 11.2. The van der Waals surface area contributed by atoms with E-state index in [1.807, 2.05) is 6.08 Å². The highest BCUT2D eigenvalue weighted by molar-refractivity contribution is 4.84. The first-order valence-corrected chi connectivity index (χ1v) is 6.38. The molecule has 0 rings (SSSR count). The minimum atomic E-state index is 1.03. The molecule has 1 N–H and O–H groups in total. The smallest absolute Gasteiger partial charge is 0.0134 e. The Morgan fingerprint density at radius 2 is 1.87 bits per heavy atom. The summed E-state index contributed by atoms with van der Waals surface area (Å²) in [4.78, 5) is 0. The van der Waals surface area contributed by atoms with Gasteiger partial charge in [0.25, 0.3) is 0 Å². The summed E-state index contributed by atoms with van der Waals surface area (Å²) < 4.78 is 0. The molecule has 0 spiro atoms. The minimum Gasteiger partial charge on any atom is -0.313 e. The van der Waals surface area contributed by atoms with Gasteiger partial charge in [0.1, 0.15) is 0 Å². The lowest BCUT2D eigenvalue weighted by Crippen LogP contribution is -2.14. The third-order valence-electron chi connectivity index (χ3n) is 2.42. The van der Waals surface area contributed by atoms with Gasteiger partial charge < -0.3 is 5.32 Å². The zero-order valence-corrected chi connectivity index (χ0v) is 10.3. The van der Waals surface area contributed by atoms with Gasteiger partial charge in [0, 0.05) is 6.54 Å². The van der Waals surface area contributed by atoms with Gasteiger partial charge in [-0.2, -0.15) is 0 Å². The standard InChI is InChI=1S/C14H27N/c1-3-5-7-9-10-12-14-15-13-11-8-6-4-2/h3,10,12,15H,1,4-9,11,13-14H2,2H3/b12-10+. The van der Waals surface area contributed by atoms with Crippen LogP contribution in [0, 0.1) is 0 Å². The lowest BCUT2D eigenvalue weighted by Gasteiger charge is -2.00. The fraction of sp³-hybridized carbons (Fsp3) is 0.714. The van der Waals surface area contributed by atoms with Crippen molar-refractivity contribution in [3.05, 3.63) is 24.8 Å². The summed E-state index contributed by atoms with van der Waals surface area (Å²) in [6.45, 7) is 8.15. The third kappa shape index (κ3) is 13.4. The Bertz CT molecular complexity index is 149. The second-order valence-corrected chi connectivity index (χ2v) is 3.96. The van der Waals surface area contributed by atoms with Crippen LogP contribution in [0.1, 0.15) is 51.9 Å². The summed E-state index contributed by atoms with van der Waals surface area (Å²) in [6.07, 6.45) is 15.4. The normalized spacial score (nSPS) is 11.0. The lowest BCUT2D eigenvalue weighted by molar-refractivity contribution is 0.620. The van der Waals surface area contributed by atoms with Crippen LogP contribution in [0.4, 0.5) is 0 Å². The van der Waals surface area contributed by atoms with Crippen LogP contribution < -0.4 is 5.32 Å². The van der Waals surface area contributed by atoms with E-state index >= 15 is 0 Å². The van der Waals surface area contributed by atoms with Crippen molar-refractivity contribution in [1.29, 1.82) is 0 Å². The molecule has 0 bridgehead atoms. The average molecular weight is 209 g/mol. The lowest BCUT2D eigenvalue weighted by atomic mass is 10.2. The molecule has 0 aliphatic heterocycles. The molecule has 0 aromatic rings. The molecule has 0 aliphatic carbocycles. The summed E-state index contributed by atoms with van der Waals surface area (Å²) in [5.74, 6) is 0. The Morgan fingerprint density at radius 1 is 1.00 bits per heavy atom. The average Bonchev–Trinajstić information content (AvgIpc) is 2.26. The van der Waals surface area contributed by atoms with E-state index in [2.05, 4.69) is 31.0 Å². The predicted molar refractivity (Wildman–Crippen MR) is 70.2 cm³/mol. The second-order valence-electron chi connectivity index (χ2n) is 3.96. The van der Waals surface area contributed by atoms with Gasteiger partial charge in [-0.3, -0.25) is 0 Å². The van der Waals surface area contributed by atoms with Gasteiger partial charge in [-0.05, 0) is 32.2 Å². The van der Waals surface area contributed by atoms with Crippen molar-refractivity contribution in [2.24, 2.45) is 0 Å². The SMILES string of the molecule is C=CCCC/C=C/CNCCCCCC. The van der Waals surface area contributed by atoms with Gasteiger partial charge in [-0.25, -0.2) is 0 Å². The summed E-state index contributed by atoms with van der Waals surface area (Å²) in [5, 5.41) is 3.43. The summed E-state index contributed by atoms with van der Waals surface area (Å²) in [7, 11) is 0. The third-order valence-corrected chi connectivity index (χ3v) is 2.42. The van der Waals surface area contributed by atoms with Crippen LogP contribution in [0.15, 0.2) is 24.8 Å². The van der Waals surface area contributed by atoms with Crippen molar-refractivity contribution < 1.29 is 0 Å². The van der Waals surface area contributed by atoms with Gasteiger partial charge in [-0.1, -0.05) is 44.4 Å². The fourth-order valence-corrected chi connectivity index (χ4v) is 1.44. The van der Waals surface area contributed by atoms with Crippen molar-refractivity contribution in [1.82, 2.24) is 5.32 Å². The molecule has 0 saturated heterocycles. The molecule has 1 nitrogen and oxygen atoms in total. The Balaban J connectivity index is 2.99. The molecule has 0 fully saturated rings. The van der Waals surface area contributed by atoms with E-state index in [1.165, 1.54) is 38.5 Å². The second kappa shape index (κ2) is 13.4. The number of unbranched alkanes of at least 4 members (excludes halogenated alkanes) is 5. The van der Waals surface area contributed by atoms with E-state index in [-0.39, 0.29) is 0 Å². The van der Waals surface area contributed by atoms with E-state index in [9.17, 15) is 0 Å². The number of hydrogen-bond acceptors (Lipinski definition) is 1. The van der Waals surface area contributed by atoms with Gasteiger partial charge in [0.05, 0.1) is 0 Å². The molecule has 1 heteroatoms. The van der Waals surface area contributed by atoms with E-state index in [0.29, 0.717) is 0 Å². The topological polar surface area (TPSA) is 12.0 Å². The van der Waals surface area contributed by atoms with E-state index in [1.54, 1.807) is 0 Å². The van der Waals surface area contributed by atoms with Crippen LogP contribution in [0.25, 0.3) is 0 Å². The number of allylic oxidation sites excluding steroid dienone is 2. The molecule has 0 radical (unpaired) electrons. The number of nitrogens with one attached hydrogen (secondary N) is 1. The van der Waals surface area contributed by atoms with Crippen LogP contribution in [0.2, 0.25) is 0 Å². The van der Waals surface area contributed by atoms with Crippen LogP contribution in [-0.4, -0.2) is 13.1 Å². The van der Waals surface area contributed by atoms with Gasteiger partial charge >= 0.3 is 0 Å². The minimum absolute atomic E-state index is 1.03. The van der Waals surface area contributed by atoms with E-state index < -0.39 is 0 Å². The van der Waals surface area contributed by atoms with Crippen LogP contribution in [0.5, 0.6) is 0 Å². The van der Waals surface area contributed by atoms with Crippen molar-refractivity contribution in [2.45, 2.75) is 51.9 Å². The molecule has 0 saturated carbocycles. The van der Waals surface area contributed by atoms with Crippen molar-refractivity contribution >= 4 is 0 Å². The molecule has 0 atom stereocenters. The highest BCUT2D eigenvalue weighted by atomic mass is 14.8. The van der Waals surface area contributed by atoms with E-state index in [0.717, 1.165) is 19.5 Å². The Morgan fingerprint density at radius 3 is 2.60 bits per heavy atom. The van der Waals surface area contributed by atoms with Gasteiger partial charge in [0.2, 0.25) is 0 Å². The monoisotopic (exact) mass is 209 g/mol. The quantitative estimate of drug-likeness (QED) is 0.399. The van der Waals surface area contributed by atoms with Crippen molar-refractivity contribution in [3.63, 3.8) is 0 Å². The first-order chi connectivity index (χ1) is 7.41. The molecular weight excluding hydrogens is 182 g/mol. The predicted octanol–water partition coefficient (Wildman–Crippen LogP) is 4.07. The van der Waals surface area contributed by atoms with Crippen molar-refractivity contribution in [3.8, 4) is 0 Å². The Kier molecular flexibility index (Phi) is 12.9. The number of rotatable bonds is 11. The first-order valence-electron chi connectivity index (χ1n) is 6.38. The summed E-state index contributed by atoms with van der Waals surface area (Å²) in [6, 6.07) is 0. The van der Waals surface area contributed by atoms with Crippen LogP contribution >= 0.6 is 0 Å². The van der Waals surface area contributed by atoms with Crippen molar-refractivity contribution in [2.75, 3.05) is 13.1 Å². The molecule has 0 aliphatic rings. The maximum atomic E-state index is 3.71. The Labute approximate surface area is 95.7 Å². The molecule has 88 valence electrons. The largest absolute Gasteiger partial charge is 0.313 e. The summed E-state index contributed by atoms with van der Waals surface area (Å²) in [5.41, 5.74) is 0. The van der Waals surface area contributed by atoms with Gasteiger partial charge in [0.15, 0.2) is 0 Å². The van der Waals surface area contributed by atoms with Crippen LogP contribution in [-0.2, 0) is 0 Å². The fourth-order valence-electron chi connectivity index (χ4n) is 1.44.